The molecule has 164 valence electrons. The number of rotatable bonds is 7. The van der Waals surface area contributed by atoms with E-state index in [1.807, 2.05) is 0 Å². The molecule has 1 aromatic heterocycles. The van der Waals surface area contributed by atoms with Crippen molar-refractivity contribution in [3.8, 4) is 0 Å². The van der Waals surface area contributed by atoms with Crippen LogP contribution in [0.25, 0.3) is 0 Å². The van der Waals surface area contributed by atoms with E-state index in [2.05, 4.69) is 31.2 Å². The highest BCUT2D eigenvalue weighted by molar-refractivity contribution is 9.09. The molecule has 0 spiro atoms. The first-order valence-electron chi connectivity index (χ1n) is 9.15. The predicted molar refractivity (Wildman–Crippen MR) is 119 cm³/mol. The second kappa shape index (κ2) is 10.3. The van der Waals surface area contributed by atoms with Gasteiger partial charge in [-0.25, -0.2) is 14.2 Å². The molecule has 31 heavy (non-hydrogen) atoms. The number of aromatic nitrogens is 1. The monoisotopic (exact) mass is 529 g/mol. The minimum absolute atomic E-state index is 0.0411. The normalized spacial score (nSPS) is 15.9. The number of benzene rings is 1. The SMILES string of the molecule is CCOC(=O)Cc1csc(C2=NC(c3ccc(F)cc3Cl)C(C(=O)OC)=C(CBr)N2)n1. The Morgan fingerprint density at radius 2 is 2.16 bits per heavy atom. The van der Waals surface area contributed by atoms with Gasteiger partial charge in [0, 0.05) is 27.0 Å². The number of nitrogens with zero attached hydrogens (tertiary/aromatic N) is 2. The van der Waals surface area contributed by atoms with Crippen molar-refractivity contribution < 1.29 is 23.5 Å². The summed E-state index contributed by atoms with van der Waals surface area (Å²) in [6.07, 6.45) is 0.0411. The minimum atomic E-state index is -0.832. The molecular formula is C20H18BrClFN3O4S. The van der Waals surface area contributed by atoms with E-state index in [-0.39, 0.29) is 23.0 Å². The van der Waals surface area contributed by atoms with Crippen LogP contribution in [0.1, 0.15) is 29.2 Å². The second-order valence-electron chi connectivity index (χ2n) is 6.31. The largest absolute Gasteiger partial charge is 0.466 e. The molecule has 0 fully saturated rings. The molecule has 3 rings (SSSR count). The maximum Gasteiger partial charge on any atom is 0.338 e. The summed E-state index contributed by atoms with van der Waals surface area (Å²) in [4.78, 5) is 33.4. The zero-order valence-electron chi connectivity index (χ0n) is 16.6. The quantitative estimate of drug-likeness (QED) is 0.431. The topological polar surface area (TPSA) is 89.9 Å². The van der Waals surface area contributed by atoms with Crippen molar-refractivity contribution in [1.82, 2.24) is 10.3 Å². The third kappa shape index (κ3) is 5.31. The third-order valence-corrected chi connectivity index (χ3v) is 6.09. The molecule has 0 bridgehead atoms. The summed E-state index contributed by atoms with van der Waals surface area (Å²) in [7, 11) is 1.27. The maximum atomic E-state index is 13.6. The van der Waals surface area contributed by atoms with Gasteiger partial charge in [-0.2, -0.15) is 0 Å². The van der Waals surface area contributed by atoms with Gasteiger partial charge in [-0.3, -0.25) is 9.79 Å². The van der Waals surface area contributed by atoms with Gasteiger partial charge in [-0.05, 0) is 19.1 Å². The Morgan fingerprint density at radius 3 is 2.81 bits per heavy atom. The number of carbonyl (C=O) groups is 2. The fourth-order valence-electron chi connectivity index (χ4n) is 2.97. The van der Waals surface area contributed by atoms with Gasteiger partial charge in [0.1, 0.15) is 11.9 Å². The molecule has 1 N–H and O–H groups in total. The second-order valence-corrected chi connectivity index (χ2v) is 8.14. The first kappa shape index (κ1) is 23.4. The Balaban J connectivity index is 2.03. The summed E-state index contributed by atoms with van der Waals surface area (Å²) in [6.45, 7) is 2.03. The lowest BCUT2D eigenvalue weighted by Crippen LogP contribution is -2.34. The number of methoxy groups -OCH3 is 1. The van der Waals surface area contributed by atoms with E-state index in [4.69, 9.17) is 21.1 Å². The van der Waals surface area contributed by atoms with Crippen molar-refractivity contribution in [1.29, 1.82) is 0 Å². The van der Waals surface area contributed by atoms with Crippen molar-refractivity contribution in [2.45, 2.75) is 19.4 Å². The van der Waals surface area contributed by atoms with Crippen LogP contribution in [0.4, 0.5) is 4.39 Å². The number of hydrogen-bond acceptors (Lipinski definition) is 8. The fourth-order valence-corrected chi connectivity index (χ4v) is 4.45. The van der Waals surface area contributed by atoms with E-state index in [0.717, 1.165) is 6.07 Å². The smallest absolute Gasteiger partial charge is 0.338 e. The molecular weight excluding hydrogens is 513 g/mol. The molecule has 0 amide bonds. The van der Waals surface area contributed by atoms with Crippen molar-refractivity contribution in [3.63, 3.8) is 0 Å². The standard InChI is InChI=1S/C20H18BrClFN3O4S/c1-3-30-15(27)7-11-9-31-19(24-11)18-25-14(8-21)16(20(28)29-2)17(26-18)12-5-4-10(23)6-13(12)22/h4-6,9,17H,3,7-8H2,1-2H3,(H,25,26). The van der Waals surface area contributed by atoms with E-state index < -0.39 is 17.8 Å². The number of allylic oxidation sites excluding steroid dienone is 1. The first-order chi connectivity index (χ1) is 14.9. The number of aliphatic imine (C=N–C) groups is 1. The lowest BCUT2D eigenvalue weighted by Gasteiger charge is -2.26. The highest BCUT2D eigenvalue weighted by atomic mass is 79.9. The van der Waals surface area contributed by atoms with Gasteiger partial charge < -0.3 is 14.8 Å². The lowest BCUT2D eigenvalue weighted by atomic mass is 9.96. The molecule has 11 heteroatoms. The van der Waals surface area contributed by atoms with Crippen LogP contribution in [-0.4, -0.2) is 41.8 Å². The van der Waals surface area contributed by atoms with Gasteiger partial charge in [0.2, 0.25) is 0 Å². The Kier molecular flexibility index (Phi) is 7.79. The van der Waals surface area contributed by atoms with Crippen molar-refractivity contribution in [2.75, 3.05) is 19.0 Å². The van der Waals surface area contributed by atoms with Crippen molar-refractivity contribution in [2.24, 2.45) is 4.99 Å². The number of nitrogens with one attached hydrogen (secondary N) is 1. The molecule has 0 aliphatic carbocycles. The van der Waals surface area contributed by atoms with E-state index >= 15 is 0 Å². The molecule has 1 aliphatic heterocycles. The molecule has 0 radical (unpaired) electrons. The predicted octanol–water partition coefficient (Wildman–Crippen LogP) is 3.95. The van der Waals surface area contributed by atoms with Gasteiger partial charge >= 0.3 is 11.9 Å². The Morgan fingerprint density at radius 1 is 1.39 bits per heavy atom. The number of thiazole rings is 1. The fraction of sp³-hybridized carbons (Fsp3) is 0.300. The Hall–Kier alpha value is -2.30. The van der Waals surface area contributed by atoms with Crippen LogP contribution in [0.15, 0.2) is 39.8 Å². The van der Waals surface area contributed by atoms with Crippen LogP contribution in [0.3, 0.4) is 0 Å². The number of carbonyl (C=O) groups excluding carboxylic acids is 2. The molecule has 0 saturated carbocycles. The number of amidine groups is 1. The van der Waals surface area contributed by atoms with E-state index in [1.165, 1.54) is 30.6 Å². The third-order valence-electron chi connectivity index (χ3n) is 4.31. The maximum absolute atomic E-state index is 13.6. The van der Waals surface area contributed by atoms with Gasteiger partial charge in [0.25, 0.3) is 0 Å². The number of alkyl halides is 1. The highest BCUT2D eigenvalue weighted by Gasteiger charge is 2.33. The van der Waals surface area contributed by atoms with Crippen molar-refractivity contribution in [3.05, 3.63) is 62.0 Å². The molecule has 2 heterocycles. The lowest BCUT2D eigenvalue weighted by molar-refractivity contribution is -0.142. The summed E-state index contributed by atoms with van der Waals surface area (Å²) in [5.41, 5.74) is 1.76. The highest BCUT2D eigenvalue weighted by Crippen LogP contribution is 2.37. The Labute approximate surface area is 195 Å². The van der Waals surface area contributed by atoms with Crippen LogP contribution in [-0.2, 0) is 25.5 Å². The molecule has 0 saturated heterocycles. The number of halogens is 3. The van der Waals surface area contributed by atoms with Gasteiger partial charge in [0.15, 0.2) is 10.8 Å². The Bertz CT molecular complexity index is 1070. The molecule has 1 unspecified atom stereocenters. The van der Waals surface area contributed by atoms with Crippen LogP contribution >= 0.6 is 38.9 Å². The number of esters is 2. The summed E-state index contributed by atoms with van der Waals surface area (Å²) in [5.74, 6) is -1.06. The first-order valence-corrected chi connectivity index (χ1v) is 11.5. The molecule has 1 aliphatic rings. The molecule has 1 atom stereocenters. The minimum Gasteiger partial charge on any atom is -0.466 e. The average molecular weight is 531 g/mol. The summed E-state index contributed by atoms with van der Waals surface area (Å²) in [6, 6.07) is 3.07. The zero-order chi connectivity index (χ0) is 22.5. The van der Waals surface area contributed by atoms with E-state index in [0.29, 0.717) is 39.7 Å². The summed E-state index contributed by atoms with van der Waals surface area (Å²) < 4.78 is 23.5. The average Bonchev–Trinajstić information content (AvgIpc) is 3.20. The summed E-state index contributed by atoms with van der Waals surface area (Å²) in [5, 5.41) is 5.79. The van der Waals surface area contributed by atoms with Gasteiger partial charge in [-0.15, -0.1) is 11.3 Å². The van der Waals surface area contributed by atoms with E-state index in [1.54, 1.807) is 12.3 Å². The zero-order valence-corrected chi connectivity index (χ0v) is 19.7. The molecule has 7 nitrogen and oxygen atoms in total. The molecule has 1 aromatic carbocycles. The van der Waals surface area contributed by atoms with E-state index in [9.17, 15) is 14.0 Å². The number of hydrogen-bond donors (Lipinski definition) is 1. The van der Waals surface area contributed by atoms with Crippen LogP contribution in [0.5, 0.6) is 0 Å². The van der Waals surface area contributed by atoms with Gasteiger partial charge in [-0.1, -0.05) is 33.6 Å². The van der Waals surface area contributed by atoms with Crippen LogP contribution in [0.2, 0.25) is 5.02 Å². The van der Waals surface area contributed by atoms with Crippen LogP contribution < -0.4 is 5.32 Å². The molecule has 2 aromatic rings. The van der Waals surface area contributed by atoms with Crippen molar-refractivity contribution >= 4 is 56.6 Å². The van der Waals surface area contributed by atoms with Gasteiger partial charge in [0.05, 0.1) is 31.4 Å². The summed E-state index contributed by atoms with van der Waals surface area (Å²) >= 11 is 10.9. The number of ether oxygens (including phenoxy) is 2. The van der Waals surface area contributed by atoms with Crippen LogP contribution in [0, 0.1) is 5.82 Å².